The van der Waals surface area contributed by atoms with Crippen molar-refractivity contribution >= 4 is 10.0 Å². The van der Waals surface area contributed by atoms with E-state index in [1.165, 1.54) is 0 Å². The van der Waals surface area contributed by atoms with E-state index in [0.717, 1.165) is 32.6 Å². The van der Waals surface area contributed by atoms with Gasteiger partial charge in [0.1, 0.15) is 0 Å². The largest absolute Gasteiger partial charge is 0.317 e. The summed E-state index contributed by atoms with van der Waals surface area (Å²) in [5.41, 5.74) is 0. The lowest BCUT2D eigenvalue weighted by atomic mass is 10.2. The Kier molecular flexibility index (Phi) is 7.28. The molecule has 1 N–H and O–H groups in total. The molecule has 1 unspecified atom stereocenters. The van der Waals surface area contributed by atoms with E-state index >= 15 is 0 Å². The minimum atomic E-state index is -3.06. The van der Waals surface area contributed by atoms with Gasteiger partial charge in [-0.3, -0.25) is 4.90 Å². The number of hydrogen-bond acceptors (Lipinski definition) is 4. The Hall–Kier alpha value is -0.170. The van der Waals surface area contributed by atoms with Gasteiger partial charge in [0.25, 0.3) is 0 Å². The number of hydrogen-bond donors (Lipinski definition) is 1. The van der Waals surface area contributed by atoms with E-state index in [9.17, 15) is 8.42 Å². The van der Waals surface area contributed by atoms with Crippen LogP contribution < -0.4 is 5.32 Å². The number of nitrogens with zero attached hydrogens (tertiary/aromatic N) is 2. The van der Waals surface area contributed by atoms with Crippen LogP contribution in [0, 0.1) is 0 Å². The van der Waals surface area contributed by atoms with Crippen molar-refractivity contribution < 1.29 is 8.42 Å². The van der Waals surface area contributed by atoms with Gasteiger partial charge in [-0.05, 0) is 39.0 Å². The maximum absolute atomic E-state index is 12.2. The molecule has 1 atom stereocenters. The summed E-state index contributed by atoms with van der Waals surface area (Å²) in [5.74, 6) is 0.269. The monoisotopic (exact) mass is 291 g/mol. The van der Waals surface area contributed by atoms with Gasteiger partial charge in [0.05, 0.1) is 5.75 Å². The van der Waals surface area contributed by atoms with Gasteiger partial charge in [0.2, 0.25) is 10.0 Å². The first-order chi connectivity index (χ1) is 9.05. The zero-order chi connectivity index (χ0) is 14.3. The molecule has 19 heavy (non-hydrogen) atoms. The molecule has 0 spiro atoms. The molecule has 0 aromatic heterocycles. The highest BCUT2D eigenvalue weighted by molar-refractivity contribution is 7.89. The second-order valence-corrected chi connectivity index (χ2v) is 7.13. The van der Waals surface area contributed by atoms with Crippen LogP contribution in [0.1, 0.15) is 33.6 Å². The van der Waals surface area contributed by atoms with Crippen molar-refractivity contribution in [1.82, 2.24) is 14.5 Å². The van der Waals surface area contributed by atoms with Crippen LogP contribution >= 0.6 is 0 Å². The Morgan fingerprint density at radius 2 is 1.95 bits per heavy atom. The van der Waals surface area contributed by atoms with Crippen LogP contribution in [0.25, 0.3) is 0 Å². The third-order valence-electron chi connectivity index (χ3n) is 3.85. The minimum Gasteiger partial charge on any atom is -0.317 e. The van der Waals surface area contributed by atoms with Gasteiger partial charge in [-0.1, -0.05) is 20.8 Å². The average Bonchev–Trinajstić information content (AvgIpc) is 2.87. The van der Waals surface area contributed by atoms with Crippen LogP contribution in [0.3, 0.4) is 0 Å². The van der Waals surface area contributed by atoms with E-state index < -0.39 is 10.0 Å². The van der Waals surface area contributed by atoms with Crippen LogP contribution in [0.4, 0.5) is 0 Å². The topological polar surface area (TPSA) is 52.7 Å². The molecule has 1 rings (SSSR count). The van der Waals surface area contributed by atoms with Crippen molar-refractivity contribution in [1.29, 1.82) is 0 Å². The predicted molar refractivity (Wildman–Crippen MR) is 79.8 cm³/mol. The van der Waals surface area contributed by atoms with E-state index in [2.05, 4.69) is 24.1 Å². The van der Waals surface area contributed by atoms with Crippen LogP contribution in [0.15, 0.2) is 0 Å². The Morgan fingerprint density at radius 3 is 2.53 bits per heavy atom. The molecular formula is C13H29N3O2S. The van der Waals surface area contributed by atoms with Crippen LogP contribution in [0.2, 0.25) is 0 Å². The lowest BCUT2D eigenvalue weighted by Crippen LogP contribution is -2.39. The standard InChI is InChI=1S/C13H29N3O2S/c1-4-14-9-7-11-19(17,18)16-10-8-13(12-16)15(5-2)6-3/h13-14H,4-12H2,1-3H3. The third kappa shape index (κ3) is 5.02. The molecule has 0 aliphatic carbocycles. The molecule has 0 aromatic carbocycles. The molecule has 1 aliphatic heterocycles. The Balaban J connectivity index is 2.43. The van der Waals surface area contributed by atoms with E-state index in [4.69, 9.17) is 0 Å². The van der Waals surface area contributed by atoms with E-state index in [-0.39, 0.29) is 5.75 Å². The van der Waals surface area contributed by atoms with Crippen molar-refractivity contribution in [3.05, 3.63) is 0 Å². The SMILES string of the molecule is CCNCCCS(=O)(=O)N1CCC(N(CC)CC)C1. The molecule has 5 nitrogen and oxygen atoms in total. The van der Waals surface area contributed by atoms with Gasteiger partial charge in [-0.15, -0.1) is 0 Å². The molecular weight excluding hydrogens is 262 g/mol. The lowest BCUT2D eigenvalue weighted by Gasteiger charge is -2.26. The Morgan fingerprint density at radius 1 is 1.26 bits per heavy atom. The van der Waals surface area contributed by atoms with Crippen LogP contribution in [-0.2, 0) is 10.0 Å². The van der Waals surface area contributed by atoms with Gasteiger partial charge in [0.15, 0.2) is 0 Å². The second kappa shape index (κ2) is 8.19. The fourth-order valence-electron chi connectivity index (χ4n) is 2.69. The highest BCUT2D eigenvalue weighted by atomic mass is 32.2. The van der Waals surface area contributed by atoms with Crippen LogP contribution in [-0.4, -0.2) is 68.7 Å². The third-order valence-corrected chi connectivity index (χ3v) is 5.78. The van der Waals surface area contributed by atoms with Crippen molar-refractivity contribution in [2.75, 3.05) is 45.0 Å². The summed E-state index contributed by atoms with van der Waals surface area (Å²) < 4.78 is 26.1. The molecule has 1 saturated heterocycles. The van der Waals surface area contributed by atoms with Crippen LogP contribution in [0.5, 0.6) is 0 Å². The van der Waals surface area contributed by atoms with Gasteiger partial charge in [-0.2, -0.15) is 0 Å². The molecule has 0 aromatic rings. The quantitative estimate of drug-likeness (QED) is 0.636. The number of nitrogens with one attached hydrogen (secondary N) is 1. The first-order valence-corrected chi connectivity index (χ1v) is 9.08. The molecule has 114 valence electrons. The number of sulfonamides is 1. The normalized spacial score (nSPS) is 21.4. The number of likely N-dealkylation sites (N-methyl/N-ethyl adjacent to an activating group) is 1. The van der Waals surface area contributed by atoms with E-state index in [1.807, 2.05) is 6.92 Å². The number of rotatable bonds is 9. The van der Waals surface area contributed by atoms with Crippen molar-refractivity contribution in [2.45, 2.75) is 39.7 Å². The van der Waals surface area contributed by atoms with Gasteiger partial charge >= 0.3 is 0 Å². The molecule has 1 heterocycles. The Labute approximate surface area is 118 Å². The molecule has 0 saturated carbocycles. The fourth-order valence-corrected chi connectivity index (χ4v) is 4.24. The smallest absolute Gasteiger partial charge is 0.214 e. The second-order valence-electron chi connectivity index (χ2n) is 5.04. The molecule has 0 bridgehead atoms. The van der Waals surface area contributed by atoms with Crippen molar-refractivity contribution in [2.24, 2.45) is 0 Å². The highest BCUT2D eigenvalue weighted by Crippen LogP contribution is 2.19. The maximum Gasteiger partial charge on any atom is 0.214 e. The molecule has 0 radical (unpaired) electrons. The molecule has 1 fully saturated rings. The van der Waals surface area contributed by atoms with E-state index in [0.29, 0.717) is 25.6 Å². The molecule has 0 amide bonds. The van der Waals surface area contributed by atoms with Crippen molar-refractivity contribution in [3.63, 3.8) is 0 Å². The Bertz CT molecular complexity index is 342. The zero-order valence-corrected chi connectivity index (χ0v) is 13.4. The zero-order valence-electron chi connectivity index (χ0n) is 12.6. The molecule has 1 aliphatic rings. The first-order valence-electron chi connectivity index (χ1n) is 7.47. The van der Waals surface area contributed by atoms with Gasteiger partial charge in [-0.25, -0.2) is 12.7 Å². The maximum atomic E-state index is 12.2. The fraction of sp³-hybridized carbons (Fsp3) is 1.00. The highest BCUT2D eigenvalue weighted by Gasteiger charge is 2.32. The molecule has 6 heteroatoms. The summed E-state index contributed by atoms with van der Waals surface area (Å²) in [6.45, 7) is 11.3. The first kappa shape index (κ1) is 16.9. The van der Waals surface area contributed by atoms with Gasteiger partial charge in [0, 0.05) is 19.1 Å². The predicted octanol–water partition coefficient (Wildman–Crippen LogP) is 0.732. The summed E-state index contributed by atoms with van der Waals surface area (Å²) in [4.78, 5) is 2.36. The summed E-state index contributed by atoms with van der Waals surface area (Å²) in [6, 6.07) is 0.401. The summed E-state index contributed by atoms with van der Waals surface area (Å²) in [6.07, 6.45) is 1.66. The minimum absolute atomic E-state index is 0.269. The lowest BCUT2D eigenvalue weighted by molar-refractivity contribution is 0.224. The summed E-state index contributed by atoms with van der Waals surface area (Å²) in [7, 11) is -3.06. The van der Waals surface area contributed by atoms with Gasteiger partial charge < -0.3 is 5.32 Å². The van der Waals surface area contributed by atoms with Crippen molar-refractivity contribution in [3.8, 4) is 0 Å². The van der Waals surface area contributed by atoms with E-state index in [1.54, 1.807) is 4.31 Å². The summed E-state index contributed by atoms with van der Waals surface area (Å²) in [5, 5.41) is 3.17. The average molecular weight is 291 g/mol. The summed E-state index contributed by atoms with van der Waals surface area (Å²) >= 11 is 0.